The maximum Gasteiger partial charge on any atom is 0.165 e. The molecule has 1 heterocycles. The fourth-order valence-corrected chi connectivity index (χ4v) is 3.25. The first-order valence-electron chi connectivity index (χ1n) is 7.25. The van der Waals surface area contributed by atoms with E-state index in [1.165, 1.54) is 24.0 Å². The van der Waals surface area contributed by atoms with E-state index in [-0.39, 0.29) is 11.5 Å². The van der Waals surface area contributed by atoms with Crippen LogP contribution in [0.1, 0.15) is 50.7 Å². The standard InChI is InChI=1S/C16H23NO2/c1-10(2)14-12(16(6-7-16)11(3)17)4-5-13-15(14)19-9-8-18-13/h4-5,10-11H,6-9,17H2,1-3H3. The van der Waals surface area contributed by atoms with E-state index in [9.17, 15) is 0 Å². The van der Waals surface area contributed by atoms with Gasteiger partial charge < -0.3 is 15.2 Å². The number of nitrogens with two attached hydrogens (primary N) is 1. The van der Waals surface area contributed by atoms with Crippen LogP contribution in [-0.4, -0.2) is 19.3 Å². The Morgan fingerprint density at radius 3 is 2.37 bits per heavy atom. The molecule has 1 unspecified atom stereocenters. The minimum Gasteiger partial charge on any atom is -0.486 e. The molecule has 1 aromatic rings. The second-order valence-electron chi connectivity index (χ2n) is 6.15. The van der Waals surface area contributed by atoms with E-state index < -0.39 is 0 Å². The first-order valence-corrected chi connectivity index (χ1v) is 7.25. The fourth-order valence-electron chi connectivity index (χ4n) is 3.25. The summed E-state index contributed by atoms with van der Waals surface area (Å²) in [6.07, 6.45) is 2.37. The van der Waals surface area contributed by atoms with Gasteiger partial charge in [0.2, 0.25) is 0 Å². The van der Waals surface area contributed by atoms with Gasteiger partial charge in [-0.1, -0.05) is 19.9 Å². The Balaban J connectivity index is 2.15. The van der Waals surface area contributed by atoms with E-state index in [1.54, 1.807) is 0 Å². The molecule has 0 spiro atoms. The monoisotopic (exact) mass is 261 g/mol. The van der Waals surface area contributed by atoms with E-state index in [0.717, 1.165) is 11.5 Å². The minimum absolute atomic E-state index is 0.162. The van der Waals surface area contributed by atoms with E-state index in [4.69, 9.17) is 15.2 Å². The molecule has 0 amide bonds. The molecule has 19 heavy (non-hydrogen) atoms. The number of hydrogen-bond acceptors (Lipinski definition) is 3. The average Bonchev–Trinajstić information content (AvgIpc) is 3.18. The molecule has 1 aromatic carbocycles. The van der Waals surface area contributed by atoms with Gasteiger partial charge in [-0.2, -0.15) is 0 Å². The van der Waals surface area contributed by atoms with Gasteiger partial charge in [-0.05, 0) is 37.3 Å². The third kappa shape index (κ3) is 1.91. The van der Waals surface area contributed by atoms with Gasteiger partial charge in [0, 0.05) is 17.0 Å². The number of benzene rings is 1. The maximum absolute atomic E-state index is 6.24. The Morgan fingerprint density at radius 2 is 1.79 bits per heavy atom. The third-order valence-corrected chi connectivity index (χ3v) is 4.52. The molecular formula is C16H23NO2. The average molecular weight is 261 g/mol. The summed E-state index contributed by atoms with van der Waals surface area (Å²) >= 11 is 0. The van der Waals surface area contributed by atoms with Gasteiger partial charge in [0.1, 0.15) is 13.2 Å². The molecule has 1 saturated carbocycles. The van der Waals surface area contributed by atoms with Gasteiger partial charge >= 0.3 is 0 Å². The quantitative estimate of drug-likeness (QED) is 0.909. The fraction of sp³-hybridized carbons (Fsp3) is 0.625. The summed E-state index contributed by atoms with van der Waals surface area (Å²) in [6.45, 7) is 7.83. The molecule has 0 aromatic heterocycles. The van der Waals surface area contributed by atoms with E-state index in [1.807, 2.05) is 0 Å². The second-order valence-corrected chi connectivity index (χ2v) is 6.15. The SMILES string of the molecule is CC(C)c1c(C2(C(C)N)CC2)ccc2c1OCCO2. The lowest BCUT2D eigenvalue weighted by Crippen LogP contribution is -2.33. The molecule has 1 aliphatic carbocycles. The number of ether oxygens (including phenoxy) is 2. The van der Waals surface area contributed by atoms with E-state index in [0.29, 0.717) is 19.1 Å². The van der Waals surface area contributed by atoms with Crippen LogP contribution >= 0.6 is 0 Å². The zero-order chi connectivity index (χ0) is 13.6. The number of fused-ring (bicyclic) bond motifs is 1. The smallest absolute Gasteiger partial charge is 0.165 e. The predicted octanol–water partition coefficient (Wildman–Crippen LogP) is 2.96. The lowest BCUT2D eigenvalue weighted by atomic mass is 9.82. The summed E-state index contributed by atoms with van der Waals surface area (Å²) in [4.78, 5) is 0. The van der Waals surface area contributed by atoms with Crippen LogP contribution in [0.25, 0.3) is 0 Å². The van der Waals surface area contributed by atoms with E-state index >= 15 is 0 Å². The van der Waals surface area contributed by atoms with Crippen LogP contribution in [0.5, 0.6) is 11.5 Å². The normalized spacial score (nSPS) is 21.3. The van der Waals surface area contributed by atoms with Crippen LogP contribution in [0.2, 0.25) is 0 Å². The molecule has 1 atom stereocenters. The molecule has 3 rings (SSSR count). The Kier molecular flexibility index (Phi) is 2.97. The van der Waals surface area contributed by atoms with Gasteiger partial charge in [-0.25, -0.2) is 0 Å². The van der Waals surface area contributed by atoms with Gasteiger partial charge in [0.05, 0.1) is 0 Å². The Morgan fingerprint density at radius 1 is 1.11 bits per heavy atom. The summed E-state index contributed by atoms with van der Waals surface area (Å²) in [5.74, 6) is 2.26. The molecule has 104 valence electrons. The number of rotatable bonds is 3. The highest BCUT2D eigenvalue weighted by atomic mass is 16.6. The van der Waals surface area contributed by atoms with Crippen molar-refractivity contribution in [3.8, 4) is 11.5 Å². The van der Waals surface area contributed by atoms with E-state index in [2.05, 4.69) is 32.9 Å². The molecule has 3 heteroatoms. The molecule has 2 N–H and O–H groups in total. The van der Waals surface area contributed by atoms with Gasteiger partial charge in [-0.3, -0.25) is 0 Å². The third-order valence-electron chi connectivity index (χ3n) is 4.52. The summed E-state index contributed by atoms with van der Waals surface area (Å²) < 4.78 is 11.6. The highest BCUT2D eigenvalue weighted by molar-refractivity contribution is 5.56. The lowest BCUT2D eigenvalue weighted by Gasteiger charge is -2.29. The van der Waals surface area contributed by atoms with Gasteiger partial charge in [0.15, 0.2) is 11.5 Å². The van der Waals surface area contributed by atoms with Crippen molar-refractivity contribution in [3.63, 3.8) is 0 Å². The zero-order valence-electron chi connectivity index (χ0n) is 12.0. The van der Waals surface area contributed by atoms with Crippen LogP contribution in [0.3, 0.4) is 0 Å². The topological polar surface area (TPSA) is 44.5 Å². The molecule has 0 saturated heterocycles. The van der Waals surface area contributed by atoms with Crippen molar-refractivity contribution in [2.45, 2.75) is 51.0 Å². The summed E-state index contributed by atoms with van der Waals surface area (Å²) in [5, 5.41) is 0. The van der Waals surface area contributed by atoms with Crippen molar-refractivity contribution in [1.82, 2.24) is 0 Å². The minimum atomic E-state index is 0.162. The maximum atomic E-state index is 6.24. The molecule has 3 nitrogen and oxygen atoms in total. The first kappa shape index (κ1) is 12.8. The Bertz CT molecular complexity index is 490. The van der Waals surface area contributed by atoms with Crippen LogP contribution in [0.15, 0.2) is 12.1 Å². The molecule has 2 aliphatic rings. The van der Waals surface area contributed by atoms with Crippen molar-refractivity contribution in [2.24, 2.45) is 5.73 Å². The van der Waals surface area contributed by atoms with Gasteiger partial charge in [-0.15, -0.1) is 0 Å². The predicted molar refractivity (Wildman–Crippen MR) is 76.1 cm³/mol. The van der Waals surface area contributed by atoms with Crippen molar-refractivity contribution >= 4 is 0 Å². The van der Waals surface area contributed by atoms with Crippen LogP contribution in [0.4, 0.5) is 0 Å². The first-order chi connectivity index (χ1) is 9.06. The summed E-state index contributed by atoms with van der Waals surface area (Å²) in [7, 11) is 0. The highest BCUT2D eigenvalue weighted by Crippen LogP contribution is 2.55. The van der Waals surface area contributed by atoms with Crippen LogP contribution < -0.4 is 15.2 Å². The Labute approximate surface area is 115 Å². The summed E-state index contributed by atoms with van der Waals surface area (Å²) in [6, 6.07) is 4.45. The Hall–Kier alpha value is -1.22. The van der Waals surface area contributed by atoms with Gasteiger partial charge in [0.25, 0.3) is 0 Å². The molecule has 0 radical (unpaired) electrons. The highest BCUT2D eigenvalue weighted by Gasteiger charge is 2.49. The van der Waals surface area contributed by atoms with Crippen molar-refractivity contribution < 1.29 is 9.47 Å². The molecule has 1 fully saturated rings. The molecule has 0 bridgehead atoms. The zero-order valence-corrected chi connectivity index (χ0v) is 12.0. The van der Waals surface area contributed by atoms with Crippen molar-refractivity contribution in [2.75, 3.05) is 13.2 Å². The van der Waals surface area contributed by atoms with Crippen LogP contribution in [0, 0.1) is 0 Å². The number of hydrogen-bond donors (Lipinski definition) is 1. The lowest BCUT2D eigenvalue weighted by molar-refractivity contribution is 0.169. The largest absolute Gasteiger partial charge is 0.486 e. The van der Waals surface area contributed by atoms with Crippen molar-refractivity contribution in [3.05, 3.63) is 23.3 Å². The summed E-state index contributed by atoms with van der Waals surface area (Å²) in [5.41, 5.74) is 9.07. The molecular weight excluding hydrogens is 238 g/mol. The van der Waals surface area contributed by atoms with Crippen molar-refractivity contribution in [1.29, 1.82) is 0 Å². The molecule has 1 aliphatic heterocycles. The second kappa shape index (κ2) is 4.41. The van der Waals surface area contributed by atoms with Crippen LogP contribution in [-0.2, 0) is 5.41 Å².